The first-order chi connectivity index (χ1) is 8.52. The quantitative estimate of drug-likeness (QED) is 0.716. The van der Waals surface area contributed by atoms with Gasteiger partial charge in [0.2, 0.25) is 0 Å². The Morgan fingerprint density at radius 1 is 1.32 bits per heavy atom. The summed E-state index contributed by atoms with van der Waals surface area (Å²) in [4.78, 5) is 12.0. The molecule has 1 unspecified atom stereocenters. The molecule has 3 fully saturated rings. The standard InChI is InChI=1S/C16H28O3/c1-14(2,3)10-13(17)18-12-9-11-7-8-16(12,6)19-15(11,4)5/h11-12H,7-10H2,1-6H3/t11?,12-,16-/m1/s1. The number of carbonyl (C=O) groups is 1. The second kappa shape index (κ2) is 4.47. The van der Waals surface area contributed by atoms with Gasteiger partial charge in [-0.1, -0.05) is 20.8 Å². The summed E-state index contributed by atoms with van der Waals surface area (Å²) in [5.74, 6) is 0.412. The minimum Gasteiger partial charge on any atom is -0.459 e. The summed E-state index contributed by atoms with van der Waals surface area (Å²) in [6.07, 6.45) is 3.51. The monoisotopic (exact) mass is 268 g/mol. The Morgan fingerprint density at radius 2 is 1.95 bits per heavy atom. The van der Waals surface area contributed by atoms with Crippen molar-refractivity contribution in [2.24, 2.45) is 11.3 Å². The molecule has 19 heavy (non-hydrogen) atoms. The molecule has 0 aromatic carbocycles. The van der Waals surface area contributed by atoms with Gasteiger partial charge >= 0.3 is 5.97 Å². The van der Waals surface area contributed by atoms with Crippen LogP contribution in [-0.2, 0) is 14.3 Å². The molecule has 0 N–H and O–H groups in total. The highest BCUT2D eigenvalue weighted by Crippen LogP contribution is 2.50. The molecule has 110 valence electrons. The molecule has 0 aromatic heterocycles. The number of esters is 1. The van der Waals surface area contributed by atoms with E-state index in [4.69, 9.17) is 9.47 Å². The molecule has 3 nitrogen and oxygen atoms in total. The molecular weight excluding hydrogens is 240 g/mol. The van der Waals surface area contributed by atoms with Crippen LogP contribution in [0.25, 0.3) is 0 Å². The number of fused-ring (bicyclic) bond motifs is 3. The van der Waals surface area contributed by atoms with Crippen LogP contribution >= 0.6 is 0 Å². The van der Waals surface area contributed by atoms with Gasteiger partial charge in [-0.3, -0.25) is 4.79 Å². The molecule has 0 amide bonds. The van der Waals surface area contributed by atoms with E-state index in [2.05, 4.69) is 41.5 Å². The normalized spacial score (nSPS) is 37.2. The highest BCUT2D eigenvalue weighted by molar-refractivity contribution is 5.70. The second-order valence-corrected chi connectivity index (χ2v) is 8.21. The largest absolute Gasteiger partial charge is 0.459 e. The Kier molecular flexibility index (Phi) is 3.49. The van der Waals surface area contributed by atoms with E-state index < -0.39 is 0 Å². The van der Waals surface area contributed by atoms with E-state index in [1.165, 1.54) is 6.42 Å². The van der Waals surface area contributed by atoms with Gasteiger partial charge in [-0.2, -0.15) is 0 Å². The average Bonchev–Trinajstić information content (AvgIpc) is 2.15. The lowest BCUT2D eigenvalue weighted by Gasteiger charge is -2.57. The summed E-state index contributed by atoms with van der Waals surface area (Å²) in [5, 5.41) is 0. The Bertz CT molecular complexity index is 367. The number of hydrogen-bond donors (Lipinski definition) is 0. The third-order valence-electron chi connectivity index (χ3n) is 4.60. The van der Waals surface area contributed by atoms with Gasteiger partial charge in [-0.25, -0.2) is 0 Å². The first-order valence-electron chi connectivity index (χ1n) is 7.41. The van der Waals surface area contributed by atoms with Crippen LogP contribution in [0.5, 0.6) is 0 Å². The van der Waals surface area contributed by atoms with Gasteiger partial charge in [-0.05, 0) is 51.4 Å². The van der Waals surface area contributed by atoms with Crippen molar-refractivity contribution in [2.75, 3.05) is 0 Å². The topological polar surface area (TPSA) is 35.5 Å². The lowest BCUT2D eigenvalue weighted by atomic mass is 9.67. The summed E-state index contributed by atoms with van der Waals surface area (Å²) in [7, 11) is 0. The molecule has 0 spiro atoms. The number of rotatable bonds is 2. The smallest absolute Gasteiger partial charge is 0.306 e. The number of ether oxygens (including phenoxy) is 2. The first-order valence-corrected chi connectivity index (χ1v) is 7.41. The average molecular weight is 268 g/mol. The fourth-order valence-electron chi connectivity index (χ4n) is 3.49. The summed E-state index contributed by atoms with van der Waals surface area (Å²) < 4.78 is 12.0. The molecule has 0 aromatic rings. The number of hydrogen-bond acceptors (Lipinski definition) is 3. The van der Waals surface area contributed by atoms with E-state index in [1.807, 2.05) is 0 Å². The van der Waals surface area contributed by atoms with E-state index in [1.54, 1.807) is 0 Å². The Balaban J connectivity index is 2.02. The third kappa shape index (κ3) is 3.13. The van der Waals surface area contributed by atoms with Crippen molar-refractivity contribution >= 4 is 5.97 Å². The summed E-state index contributed by atoms with van der Waals surface area (Å²) in [6.45, 7) is 12.6. The maximum absolute atomic E-state index is 12.0. The molecule has 3 rings (SSSR count). The van der Waals surface area contributed by atoms with Crippen LogP contribution < -0.4 is 0 Å². The van der Waals surface area contributed by atoms with Crippen LogP contribution in [0.1, 0.15) is 67.2 Å². The molecule has 3 heteroatoms. The van der Waals surface area contributed by atoms with Crippen molar-refractivity contribution in [3.05, 3.63) is 0 Å². The molecule has 2 saturated heterocycles. The van der Waals surface area contributed by atoms with Gasteiger partial charge in [0.15, 0.2) is 0 Å². The minimum absolute atomic E-state index is 0.0220. The summed E-state index contributed by atoms with van der Waals surface area (Å²) in [5.41, 5.74) is -0.405. The van der Waals surface area contributed by atoms with E-state index in [0.717, 1.165) is 12.8 Å². The van der Waals surface area contributed by atoms with Gasteiger partial charge in [0.25, 0.3) is 0 Å². The fourth-order valence-corrected chi connectivity index (χ4v) is 3.49. The van der Waals surface area contributed by atoms with Crippen LogP contribution in [-0.4, -0.2) is 23.3 Å². The van der Waals surface area contributed by atoms with Gasteiger partial charge < -0.3 is 9.47 Å². The van der Waals surface area contributed by atoms with Crippen molar-refractivity contribution in [2.45, 2.75) is 84.5 Å². The Labute approximate surface area is 117 Å². The Hall–Kier alpha value is -0.570. The van der Waals surface area contributed by atoms with Crippen LogP contribution in [0.15, 0.2) is 0 Å². The first kappa shape index (κ1) is 14.8. The van der Waals surface area contributed by atoms with Gasteiger partial charge in [0.05, 0.1) is 12.0 Å². The van der Waals surface area contributed by atoms with Gasteiger partial charge in [0, 0.05) is 0 Å². The van der Waals surface area contributed by atoms with Gasteiger partial charge in [-0.15, -0.1) is 0 Å². The predicted molar refractivity (Wildman–Crippen MR) is 74.9 cm³/mol. The van der Waals surface area contributed by atoms with E-state index >= 15 is 0 Å². The van der Waals surface area contributed by atoms with Gasteiger partial charge in [0.1, 0.15) is 11.7 Å². The molecule has 2 heterocycles. The van der Waals surface area contributed by atoms with Crippen molar-refractivity contribution in [1.29, 1.82) is 0 Å². The molecule has 0 radical (unpaired) electrons. The molecule has 3 atom stereocenters. The highest BCUT2D eigenvalue weighted by Gasteiger charge is 2.55. The molecule has 2 aliphatic heterocycles. The summed E-state index contributed by atoms with van der Waals surface area (Å²) in [6, 6.07) is 0. The highest BCUT2D eigenvalue weighted by atomic mass is 16.6. The SMILES string of the molecule is CC(C)(C)CC(=O)O[C@@H]1CC2CC[C@@]1(C)OC2(C)C. The van der Waals surface area contributed by atoms with E-state index in [-0.39, 0.29) is 28.7 Å². The number of carbonyl (C=O) groups excluding carboxylic acids is 1. The van der Waals surface area contributed by atoms with Crippen molar-refractivity contribution in [3.63, 3.8) is 0 Å². The van der Waals surface area contributed by atoms with E-state index in [9.17, 15) is 4.79 Å². The summed E-state index contributed by atoms with van der Waals surface area (Å²) >= 11 is 0. The molecule has 3 aliphatic rings. The van der Waals surface area contributed by atoms with Crippen molar-refractivity contribution < 1.29 is 14.3 Å². The fraction of sp³-hybridized carbons (Fsp3) is 0.938. The lowest BCUT2D eigenvalue weighted by Crippen LogP contribution is -2.62. The maximum atomic E-state index is 12.0. The molecule has 1 saturated carbocycles. The van der Waals surface area contributed by atoms with Crippen LogP contribution in [0.2, 0.25) is 0 Å². The zero-order valence-electron chi connectivity index (χ0n) is 13.2. The van der Waals surface area contributed by atoms with Crippen molar-refractivity contribution in [1.82, 2.24) is 0 Å². The zero-order valence-corrected chi connectivity index (χ0v) is 13.2. The van der Waals surface area contributed by atoms with E-state index in [0.29, 0.717) is 12.3 Å². The lowest BCUT2D eigenvalue weighted by molar-refractivity contribution is -0.278. The predicted octanol–water partition coefficient (Wildman–Crippen LogP) is 3.70. The van der Waals surface area contributed by atoms with Crippen molar-refractivity contribution in [3.8, 4) is 0 Å². The second-order valence-electron chi connectivity index (χ2n) is 8.21. The van der Waals surface area contributed by atoms with Crippen LogP contribution in [0.4, 0.5) is 0 Å². The minimum atomic E-state index is -0.300. The maximum Gasteiger partial charge on any atom is 0.306 e. The molecule has 1 aliphatic carbocycles. The zero-order chi connectivity index (χ0) is 14.5. The van der Waals surface area contributed by atoms with Crippen LogP contribution in [0, 0.1) is 11.3 Å². The van der Waals surface area contributed by atoms with Crippen LogP contribution in [0.3, 0.4) is 0 Å². The molecule has 2 bridgehead atoms. The third-order valence-corrected chi connectivity index (χ3v) is 4.60. The molecular formula is C16H28O3. The Morgan fingerprint density at radius 3 is 2.42 bits per heavy atom.